The van der Waals surface area contributed by atoms with Crippen LogP contribution in [0.5, 0.6) is 0 Å². The van der Waals surface area contributed by atoms with Gasteiger partial charge in [-0.2, -0.15) is 0 Å². The highest BCUT2D eigenvalue weighted by molar-refractivity contribution is 5.92. The van der Waals surface area contributed by atoms with E-state index in [9.17, 15) is 4.79 Å². The molecule has 0 aliphatic carbocycles. The van der Waals surface area contributed by atoms with Crippen LogP contribution in [-0.2, 0) is 4.79 Å². The Hall–Kier alpha value is -2.55. The standard InChI is InChI=1S/C20H22N2O/c1-17-7-5-6-8-18(17)11-12-20(23)22-15-13-21(14-16-22)19-9-3-2-4-10-19/h2-12H,13-16H2,1H3/b12-11+. The maximum atomic E-state index is 12.3. The summed E-state index contributed by atoms with van der Waals surface area (Å²) in [7, 11) is 0. The SMILES string of the molecule is Cc1ccccc1/C=C/C(=O)N1CCN(c2ccccc2)CC1. The van der Waals surface area contributed by atoms with E-state index in [-0.39, 0.29) is 5.91 Å². The molecule has 0 atom stereocenters. The normalized spacial score (nSPS) is 15.2. The van der Waals surface area contributed by atoms with Crippen LogP contribution < -0.4 is 4.90 Å². The topological polar surface area (TPSA) is 23.6 Å². The molecule has 23 heavy (non-hydrogen) atoms. The van der Waals surface area contributed by atoms with Gasteiger partial charge in [0.1, 0.15) is 0 Å². The first kappa shape index (κ1) is 15.3. The van der Waals surface area contributed by atoms with E-state index in [0.717, 1.165) is 31.7 Å². The number of hydrogen-bond donors (Lipinski definition) is 0. The second-order valence-electron chi connectivity index (χ2n) is 5.84. The van der Waals surface area contributed by atoms with E-state index in [4.69, 9.17) is 0 Å². The highest BCUT2D eigenvalue weighted by Gasteiger charge is 2.19. The predicted molar refractivity (Wildman–Crippen MR) is 95.4 cm³/mol. The largest absolute Gasteiger partial charge is 0.368 e. The van der Waals surface area contributed by atoms with Gasteiger partial charge in [0.15, 0.2) is 0 Å². The molecule has 1 aliphatic heterocycles. The Morgan fingerprint density at radius 1 is 0.913 bits per heavy atom. The van der Waals surface area contributed by atoms with Gasteiger partial charge >= 0.3 is 0 Å². The summed E-state index contributed by atoms with van der Waals surface area (Å²) in [6, 6.07) is 18.5. The zero-order valence-electron chi connectivity index (χ0n) is 13.5. The van der Waals surface area contributed by atoms with E-state index in [1.165, 1.54) is 11.3 Å². The van der Waals surface area contributed by atoms with Crippen molar-refractivity contribution >= 4 is 17.7 Å². The van der Waals surface area contributed by atoms with Gasteiger partial charge in [-0.05, 0) is 36.3 Å². The molecule has 3 heteroatoms. The number of piperazine rings is 1. The van der Waals surface area contributed by atoms with Gasteiger partial charge in [-0.25, -0.2) is 0 Å². The third kappa shape index (κ3) is 3.81. The third-order valence-electron chi connectivity index (χ3n) is 4.31. The molecule has 0 bridgehead atoms. The van der Waals surface area contributed by atoms with Gasteiger partial charge in [0.25, 0.3) is 0 Å². The second kappa shape index (κ2) is 7.14. The van der Waals surface area contributed by atoms with Crippen LogP contribution >= 0.6 is 0 Å². The molecule has 0 N–H and O–H groups in total. The van der Waals surface area contributed by atoms with Crippen molar-refractivity contribution in [3.8, 4) is 0 Å². The van der Waals surface area contributed by atoms with Crippen LogP contribution in [0.1, 0.15) is 11.1 Å². The molecular formula is C20H22N2O. The van der Waals surface area contributed by atoms with Gasteiger partial charge in [0.2, 0.25) is 5.91 Å². The molecule has 3 nitrogen and oxygen atoms in total. The van der Waals surface area contributed by atoms with Crippen LogP contribution in [0.4, 0.5) is 5.69 Å². The minimum Gasteiger partial charge on any atom is -0.368 e. The minimum atomic E-state index is 0.0981. The maximum Gasteiger partial charge on any atom is 0.246 e. The maximum absolute atomic E-state index is 12.3. The predicted octanol–water partition coefficient (Wildman–Crippen LogP) is 3.36. The highest BCUT2D eigenvalue weighted by Crippen LogP contribution is 2.16. The van der Waals surface area contributed by atoms with Crippen molar-refractivity contribution in [1.29, 1.82) is 0 Å². The Morgan fingerprint density at radius 2 is 1.57 bits per heavy atom. The fourth-order valence-corrected chi connectivity index (χ4v) is 2.86. The fraction of sp³-hybridized carbons (Fsp3) is 0.250. The molecule has 0 aromatic heterocycles. The van der Waals surface area contributed by atoms with Crippen LogP contribution in [-0.4, -0.2) is 37.0 Å². The quantitative estimate of drug-likeness (QED) is 0.812. The van der Waals surface area contributed by atoms with Crippen LogP contribution in [0.25, 0.3) is 6.08 Å². The zero-order valence-corrected chi connectivity index (χ0v) is 13.5. The van der Waals surface area contributed by atoms with E-state index >= 15 is 0 Å². The van der Waals surface area contributed by atoms with Gasteiger partial charge in [-0.15, -0.1) is 0 Å². The van der Waals surface area contributed by atoms with Crippen LogP contribution in [0.15, 0.2) is 60.7 Å². The Labute approximate surface area is 137 Å². The summed E-state index contributed by atoms with van der Waals surface area (Å²) in [5.74, 6) is 0.0981. The summed E-state index contributed by atoms with van der Waals surface area (Å²) < 4.78 is 0. The molecule has 1 aliphatic rings. The summed E-state index contributed by atoms with van der Waals surface area (Å²) in [5, 5.41) is 0. The number of anilines is 1. The molecule has 1 fully saturated rings. The molecule has 2 aromatic rings. The summed E-state index contributed by atoms with van der Waals surface area (Å²) in [6.07, 6.45) is 3.61. The monoisotopic (exact) mass is 306 g/mol. The Kier molecular flexibility index (Phi) is 4.77. The van der Waals surface area contributed by atoms with E-state index < -0.39 is 0 Å². The van der Waals surface area contributed by atoms with E-state index in [1.54, 1.807) is 6.08 Å². The smallest absolute Gasteiger partial charge is 0.246 e. The number of rotatable bonds is 3. The van der Waals surface area contributed by atoms with Crippen LogP contribution in [0.3, 0.4) is 0 Å². The highest BCUT2D eigenvalue weighted by atomic mass is 16.2. The molecule has 0 spiro atoms. The number of hydrogen-bond acceptors (Lipinski definition) is 2. The van der Waals surface area contributed by atoms with Crippen molar-refractivity contribution < 1.29 is 4.79 Å². The third-order valence-corrected chi connectivity index (χ3v) is 4.31. The Morgan fingerprint density at radius 3 is 2.26 bits per heavy atom. The molecule has 3 rings (SSSR count). The van der Waals surface area contributed by atoms with Crippen molar-refractivity contribution in [3.63, 3.8) is 0 Å². The first-order chi connectivity index (χ1) is 11.2. The molecular weight excluding hydrogens is 284 g/mol. The molecule has 2 aromatic carbocycles. The van der Waals surface area contributed by atoms with E-state index in [2.05, 4.69) is 42.2 Å². The molecule has 1 heterocycles. The second-order valence-corrected chi connectivity index (χ2v) is 5.84. The van der Waals surface area contributed by atoms with Crippen molar-refractivity contribution in [1.82, 2.24) is 4.90 Å². The summed E-state index contributed by atoms with van der Waals surface area (Å²) >= 11 is 0. The number of carbonyl (C=O) groups excluding carboxylic acids is 1. The number of carbonyl (C=O) groups is 1. The number of benzene rings is 2. The Balaban J connectivity index is 1.57. The zero-order chi connectivity index (χ0) is 16.1. The summed E-state index contributed by atoms with van der Waals surface area (Å²) in [5.41, 5.74) is 3.52. The number of nitrogens with zero attached hydrogens (tertiary/aromatic N) is 2. The summed E-state index contributed by atoms with van der Waals surface area (Å²) in [6.45, 7) is 5.36. The molecule has 0 radical (unpaired) electrons. The van der Waals surface area contributed by atoms with Gasteiger partial charge in [-0.3, -0.25) is 4.79 Å². The molecule has 0 saturated carbocycles. The van der Waals surface area contributed by atoms with Gasteiger partial charge in [0.05, 0.1) is 0 Å². The average molecular weight is 306 g/mol. The first-order valence-electron chi connectivity index (χ1n) is 8.06. The minimum absolute atomic E-state index is 0.0981. The molecule has 1 saturated heterocycles. The average Bonchev–Trinajstić information content (AvgIpc) is 2.62. The van der Waals surface area contributed by atoms with E-state index in [1.807, 2.05) is 35.2 Å². The summed E-state index contributed by atoms with van der Waals surface area (Å²) in [4.78, 5) is 16.6. The number of para-hydroxylation sites is 1. The molecule has 118 valence electrons. The van der Waals surface area contributed by atoms with Crippen molar-refractivity contribution in [3.05, 3.63) is 71.8 Å². The lowest BCUT2D eigenvalue weighted by atomic mass is 10.1. The van der Waals surface area contributed by atoms with Gasteiger partial charge in [0, 0.05) is 37.9 Å². The number of amides is 1. The molecule has 0 unspecified atom stereocenters. The molecule has 1 amide bonds. The lowest BCUT2D eigenvalue weighted by Gasteiger charge is -2.35. The Bertz CT molecular complexity index is 686. The lowest BCUT2D eigenvalue weighted by molar-refractivity contribution is -0.126. The lowest BCUT2D eigenvalue weighted by Crippen LogP contribution is -2.48. The first-order valence-corrected chi connectivity index (χ1v) is 8.06. The van der Waals surface area contributed by atoms with Gasteiger partial charge < -0.3 is 9.80 Å². The van der Waals surface area contributed by atoms with Crippen LogP contribution in [0, 0.1) is 6.92 Å². The van der Waals surface area contributed by atoms with Crippen molar-refractivity contribution in [2.75, 3.05) is 31.1 Å². The van der Waals surface area contributed by atoms with Crippen molar-refractivity contribution in [2.45, 2.75) is 6.92 Å². The van der Waals surface area contributed by atoms with Gasteiger partial charge in [-0.1, -0.05) is 42.5 Å². The van der Waals surface area contributed by atoms with Crippen molar-refractivity contribution in [2.24, 2.45) is 0 Å². The van der Waals surface area contributed by atoms with Crippen LogP contribution in [0.2, 0.25) is 0 Å². The fourth-order valence-electron chi connectivity index (χ4n) is 2.86. The van der Waals surface area contributed by atoms with E-state index in [0.29, 0.717) is 0 Å². The number of aryl methyl sites for hydroxylation is 1.